The Morgan fingerprint density at radius 2 is 2.00 bits per heavy atom. The molecule has 0 bridgehead atoms. The molecular weight excluding hydrogens is 362 g/mol. The van der Waals surface area contributed by atoms with Crippen molar-refractivity contribution >= 4 is 0 Å². The molecule has 0 unspecified atom stereocenters. The maximum atomic E-state index is 5.55. The van der Waals surface area contributed by atoms with E-state index >= 15 is 0 Å². The smallest absolute Gasteiger partial charge is 0.0160 e. The molecule has 0 aliphatic rings. The summed E-state index contributed by atoms with van der Waals surface area (Å²) >= 11 is 0. The maximum Gasteiger partial charge on any atom is 0.0160 e. The van der Waals surface area contributed by atoms with Crippen molar-refractivity contribution in [3.05, 3.63) is 61.1 Å². The molecule has 2 heteroatoms. The van der Waals surface area contributed by atoms with Gasteiger partial charge in [0.15, 0.2) is 0 Å². The zero-order valence-electron chi connectivity index (χ0n) is 8.11. The molecule has 77 valence electrons. The molecule has 2 aromatic rings. The molecule has 1 nitrogen and oxygen atoms in total. The molecule has 0 N–H and O–H groups in total. The summed E-state index contributed by atoms with van der Waals surface area (Å²) in [5.41, 5.74) is 2.93. The van der Waals surface area contributed by atoms with E-state index < -0.39 is 0 Å². The van der Waals surface area contributed by atoms with Crippen LogP contribution < -0.4 is 0 Å². The first-order valence-electron chi connectivity index (χ1n) is 4.53. The van der Waals surface area contributed by atoms with E-state index in [1.54, 1.807) is 6.20 Å². The third-order valence-electron chi connectivity index (χ3n) is 2.02. The minimum atomic E-state index is 0. The van der Waals surface area contributed by atoms with Crippen LogP contribution in [0, 0.1) is 13.0 Å². The molecule has 0 spiro atoms. The summed E-state index contributed by atoms with van der Waals surface area (Å²) in [5, 5.41) is 0. The third kappa shape index (κ3) is 2.98. The summed E-state index contributed by atoms with van der Waals surface area (Å²) < 4.78 is 0. The fourth-order valence-corrected chi connectivity index (χ4v) is 1.31. The van der Waals surface area contributed by atoms with Gasteiger partial charge in [-0.3, -0.25) is 0 Å². The Balaban J connectivity index is 0.00000112. The van der Waals surface area contributed by atoms with Crippen LogP contribution in [-0.2, 0) is 26.5 Å². The molecule has 0 saturated carbocycles. The van der Waals surface area contributed by atoms with Crippen LogP contribution in [0.2, 0.25) is 0 Å². The van der Waals surface area contributed by atoms with Crippen LogP contribution in [0.1, 0.15) is 5.56 Å². The zero-order valence-corrected chi connectivity index (χ0v) is 10.5. The molecule has 1 heterocycles. The molecule has 1 aromatic carbocycles. The maximum absolute atomic E-state index is 5.55. The van der Waals surface area contributed by atoms with Gasteiger partial charge in [-0.05, 0) is 25.1 Å². The standard InChI is InChI=1S/C13H10N.Ir/c1-2-11-6-5-7-12(10-11)13-8-3-4-9-14-13;/h1,3-9H,2H2;/q-1;. The van der Waals surface area contributed by atoms with Crippen molar-refractivity contribution < 1.29 is 20.1 Å². The van der Waals surface area contributed by atoms with E-state index in [0.717, 1.165) is 16.8 Å². The molecule has 15 heavy (non-hydrogen) atoms. The first kappa shape index (κ1) is 12.1. The Labute approximate surface area is 104 Å². The minimum absolute atomic E-state index is 0. The Morgan fingerprint density at radius 1 is 1.13 bits per heavy atom. The van der Waals surface area contributed by atoms with E-state index in [4.69, 9.17) is 6.92 Å². The van der Waals surface area contributed by atoms with Gasteiger partial charge in [0, 0.05) is 26.3 Å². The fourth-order valence-electron chi connectivity index (χ4n) is 1.31. The second-order valence-corrected chi connectivity index (χ2v) is 3.01. The van der Waals surface area contributed by atoms with Gasteiger partial charge in [0.1, 0.15) is 0 Å². The van der Waals surface area contributed by atoms with Gasteiger partial charge in [0.2, 0.25) is 0 Å². The van der Waals surface area contributed by atoms with Gasteiger partial charge < -0.3 is 4.98 Å². The number of hydrogen-bond acceptors (Lipinski definition) is 1. The number of benzene rings is 1. The third-order valence-corrected chi connectivity index (χ3v) is 2.02. The molecule has 0 atom stereocenters. The van der Waals surface area contributed by atoms with E-state index in [2.05, 4.69) is 11.1 Å². The first-order valence-corrected chi connectivity index (χ1v) is 4.53. The second-order valence-electron chi connectivity index (χ2n) is 3.01. The summed E-state index contributed by atoms with van der Waals surface area (Å²) in [6.07, 6.45) is 2.29. The van der Waals surface area contributed by atoms with Crippen LogP contribution in [0.25, 0.3) is 11.3 Å². The molecule has 2 rings (SSSR count). The van der Waals surface area contributed by atoms with E-state index in [0.29, 0.717) is 6.42 Å². The van der Waals surface area contributed by atoms with Gasteiger partial charge in [0.25, 0.3) is 0 Å². The van der Waals surface area contributed by atoms with Crippen LogP contribution in [0.5, 0.6) is 0 Å². The van der Waals surface area contributed by atoms with Gasteiger partial charge in [-0.1, -0.05) is 12.1 Å². The van der Waals surface area contributed by atoms with Crippen molar-refractivity contribution in [3.63, 3.8) is 0 Å². The molecule has 0 aliphatic carbocycles. The number of nitrogens with zero attached hydrogens (tertiary/aromatic N) is 1. The zero-order chi connectivity index (χ0) is 9.80. The van der Waals surface area contributed by atoms with E-state index in [9.17, 15) is 0 Å². The predicted octanol–water partition coefficient (Wildman–Crippen LogP) is 2.80. The average Bonchev–Trinajstić information content (AvgIpc) is 2.30. The molecule has 0 aliphatic heterocycles. The molecule has 0 saturated heterocycles. The van der Waals surface area contributed by atoms with Crippen molar-refractivity contribution in [1.82, 2.24) is 4.98 Å². The number of pyridine rings is 1. The Morgan fingerprint density at radius 3 is 2.67 bits per heavy atom. The Hall–Kier alpha value is -0.981. The van der Waals surface area contributed by atoms with Crippen molar-refractivity contribution in [2.45, 2.75) is 6.42 Å². The van der Waals surface area contributed by atoms with Gasteiger partial charge in [-0.2, -0.15) is 0 Å². The summed E-state index contributed by atoms with van der Waals surface area (Å²) in [7, 11) is 0. The summed E-state index contributed by atoms with van der Waals surface area (Å²) in [4.78, 5) is 4.25. The van der Waals surface area contributed by atoms with E-state index in [1.807, 2.05) is 36.4 Å². The quantitative estimate of drug-likeness (QED) is 0.739. The predicted molar refractivity (Wildman–Crippen MR) is 56.5 cm³/mol. The molecule has 1 aromatic heterocycles. The van der Waals surface area contributed by atoms with Gasteiger partial charge in [0.05, 0.1) is 0 Å². The van der Waals surface area contributed by atoms with Crippen LogP contribution in [0.15, 0.2) is 42.6 Å². The molecular formula is C13H10IrN-. The van der Waals surface area contributed by atoms with Crippen LogP contribution in [0.4, 0.5) is 0 Å². The number of hydrogen-bond donors (Lipinski definition) is 0. The number of rotatable bonds is 2. The Bertz CT molecular complexity index is 412. The van der Waals surface area contributed by atoms with E-state index in [1.165, 1.54) is 0 Å². The van der Waals surface area contributed by atoms with E-state index in [-0.39, 0.29) is 20.1 Å². The summed E-state index contributed by atoms with van der Waals surface area (Å²) in [6, 6.07) is 15.0. The minimum Gasteiger partial charge on any atom is -0.305 e. The molecule has 0 fully saturated rings. The SMILES string of the molecule is [CH]Cc1[c-]c(-c2ccccn2)ccc1.[Ir]. The van der Waals surface area contributed by atoms with Crippen LogP contribution in [-0.4, -0.2) is 4.98 Å². The van der Waals surface area contributed by atoms with Crippen molar-refractivity contribution in [1.29, 1.82) is 0 Å². The monoisotopic (exact) mass is 373 g/mol. The van der Waals surface area contributed by atoms with Crippen LogP contribution >= 0.6 is 0 Å². The largest absolute Gasteiger partial charge is 0.305 e. The summed E-state index contributed by atoms with van der Waals surface area (Å²) in [6.45, 7) is 5.55. The van der Waals surface area contributed by atoms with Gasteiger partial charge in [-0.25, -0.2) is 0 Å². The summed E-state index contributed by atoms with van der Waals surface area (Å²) in [5.74, 6) is 0. The van der Waals surface area contributed by atoms with Crippen molar-refractivity contribution in [2.75, 3.05) is 0 Å². The first-order chi connectivity index (χ1) is 6.90. The van der Waals surface area contributed by atoms with Crippen molar-refractivity contribution in [2.24, 2.45) is 0 Å². The van der Waals surface area contributed by atoms with Gasteiger partial charge in [-0.15, -0.1) is 35.4 Å². The average molecular weight is 372 g/mol. The van der Waals surface area contributed by atoms with Gasteiger partial charge >= 0.3 is 0 Å². The van der Waals surface area contributed by atoms with Crippen molar-refractivity contribution in [3.8, 4) is 11.3 Å². The topological polar surface area (TPSA) is 12.9 Å². The normalized spacial score (nSPS) is 9.40. The molecule has 0 amide bonds. The second kappa shape index (κ2) is 5.79. The Kier molecular flexibility index (Phi) is 4.67. The number of aromatic nitrogens is 1. The van der Waals surface area contributed by atoms with Crippen LogP contribution in [0.3, 0.4) is 0 Å². The fraction of sp³-hybridized carbons (Fsp3) is 0.0769. The molecule has 3 radical (unpaired) electrons.